The number of hydrogen-bond acceptors (Lipinski definition) is 4. The Morgan fingerprint density at radius 1 is 0.931 bits per heavy atom. The number of fused-ring (bicyclic) bond motifs is 1. The Morgan fingerprint density at radius 3 is 2.41 bits per heavy atom. The molecule has 2 N–H and O–H groups in total. The van der Waals surface area contributed by atoms with Crippen molar-refractivity contribution in [1.82, 2.24) is 10.6 Å². The fourth-order valence-electron chi connectivity index (χ4n) is 2.74. The lowest BCUT2D eigenvalue weighted by molar-refractivity contribution is -0.123. The summed E-state index contributed by atoms with van der Waals surface area (Å²) in [6.45, 7) is 0.516. The molecule has 0 saturated heterocycles. The van der Waals surface area contributed by atoms with Gasteiger partial charge in [-0.2, -0.15) is 0 Å². The molecule has 0 unspecified atom stereocenters. The molecule has 7 heteroatoms. The highest BCUT2D eigenvalue weighted by Crippen LogP contribution is 2.32. The smallest absolute Gasteiger partial charge is 0.258 e. The molecule has 0 saturated carbocycles. The van der Waals surface area contributed by atoms with E-state index < -0.39 is 0 Å². The van der Waals surface area contributed by atoms with Crippen LogP contribution in [0.3, 0.4) is 0 Å². The number of benzene rings is 3. The molecular weight excluding hydrogens is 436 g/mol. The lowest BCUT2D eigenvalue weighted by Crippen LogP contribution is -2.36. The maximum absolute atomic E-state index is 12.0. The summed E-state index contributed by atoms with van der Waals surface area (Å²) < 4.78 is 11.5. The van der Waals surface area contributed by atoms with Crippen LogP contribution in [0, 0.1) is 0 Å². The minimum absolute atomic E-state index is 0.108. The molecule has 0 aromatic heterocycles. The van der Waals surface area contributed by atoms with Crippen LogP contribution in [0.5, 0.6) is 11.5 Å². The third kappa shape index (κ3) is 5.48. The average Bonchev–Trinajstić information content (AvgIpc) is 2.76. The van der Waals surface area contributed by atoms with Crippen LogP contribution in [0.4, 0.5) is 0 Å². The van der Waals surface area contributed by atoms with Crippen molar-refractivity contribution < 1.29 is 19.1 Å². The number of carbonyl (C=O) groups is 2. The number of ether oxygens (including phenoxy) is 2. The minimum Gasteiger partial charge on any atom is -0.497 e. The monoisotopic (exact) mass is 456 g/mol. The fourth-order valence-corrected chi connectivity index (χ4v) is 3.35. The van der Waals surface area contributed by atoms with Crippen molar-refractivity contribution >= 4 is 38.5 Å². The van der Waals surface area contributed by atoms with E-state index in [1.165, 1.54) is 0 Å². The lowest BCUT2D eigenvalue weighted by Gasteiger charge is -2.11. The highest BCUT2D eigenvalue weighted by molar-refractivity contribution is 9.10. The zero-order valence-corrected chi connectivity index (χ0v) is 17.5. The molecule has 0 spiro atoms. The maximum atomic E-state index is 12.0. The van der Waals surface area contributed by atoms with E-state index in [0.29, 0.717) is 30.2 Å². The Kier molecular flexibility index (Phi) is 7.08. The molecule has 0 aliphatic carbocycles. The van der Waals surface area contributed by atoms with Gasteiger partial charge in [0.1, 0.15) is 11.5 Å². The van der Waals surface area contributed by atoms with Crippen molar-refractivity contribution in [3.05, 3.63) is 70.7 Å². The average molecular weight is 457 g/mol. The van der Waals surface area contributed by atoms with E-state index in [0.717, 1.165) is 15.2 Å². The van der Waals surface area contributed by atoms with E-state index in [-0.39, 0.29) is 18.4 Å². The molecule has 0 atom stereocenters. The summed E-state index contributed by atoms with van der Waals surface area (Å²) in [6.07, 6.45) is 0. The second-order valence-electron chi connectivity index (χ2n) is 6.22. The lowest BCUT2D eigenvalue weighted by atomic mass is 10.1. The Balaban J connectivity index is 1.41. The van der Waals surface area contributed by atoms with Crippen LogP contribution in [0.2, 0.25) is 0 Å². The van der Waals surface area contributed by atoms with E-state index in [1.807, 2.05) is 36.4 Å². The molecule has 0 fully saturated rings. The van der Waals surface area contributed by atoms with Gasteiger partial charge in [-0.3, -0.25) is 9.59 Å². The normalized spacial score (nSPS) is 10.4. The third-order valence-electron chi connectivity index (χ3n) is 4.27. The van der Waals surface area contributed by atoms with Crippen molar-refractivity contribution in [3.63, 3.8) is 0 Å². The van der Waals surface area contributed by atoms with Gasteiger partial charge in [0.05, 0.1) is 11.6 Å². The fraction of sp³-hybridized carbons (Fsp3) is 0.182. The third-order valence-corrected chi connectivity index (χ3v) is 5.09. The number of methoxy groups -OCH3 is 1. The van der Waals surface area contributed by atoms with Crippen molar-refractivity contribution in [3.8, 4) is 11.5 Å². The van der Waals surface area contributed by atoms with Crippen LogP contribution in [-0.2, 0) is 4.79 Å². The molecule has 2 amide bonds. The molecule has 6 nitrogen and oxygen atoms in total. The molecule has 0 aliphatic heterocycles. The number of hydrogen-bond donors (Lipinski definition) is 2. The highest BCUT2D eigenvalue weighted by atomic mass is 79.9. The molecule has 3 aromatic carbocycles. The van der Waals surface area contributed by atoms with Crippen LogP contribution in [0.25, 0.3) is 10.8 Å². The largest absolute Gasteiger partial charge is 0.497 e. The first kappa shape index (κ1) is 20.7. The number of carbonyl (C=O) groups excluding carboxylic acids is 2. The van der Waals surface area contributed by atoms with Crippen molar-refractivity contribution in [1.29, 1.82) is 0 Å². The zero-order chi connectivity index (χ0) is 20.6. The molecule has 3 aromatic rings. The summed E-state index contributed by atoms with van der Waals surface area (Å²) in [5.41, 5.74) is 0.529. The number of halogens is 1. The Hall–Kier alpha value is -3.06. The quantitative estimate of drug-likeness (QED) is 0.508. The van der Waals surface area contributed by atoms with E-state index >= 15 is 0 Å². The summed E-state index contributed by atoms with van der Waals surface area (Å²) in [4.78, 5) is 24.0. The molecule has 0 aliphatic rings. The van der Waals surface area contributed by atoms with Crippen LogP contribution < -0.4 is 20.1 Å². The first-order valence-corrected chi connectivity index (χ1v) is 9.87. The first-order chi connectivity index (χ1) is 14.1. The van der Waals surface area contributed by atoms with Gasteiger partial charge >= 0.3 is 0 Å². The molecule has 0 bridgehead atoms. The van der Waals surface area contributed by atoms with E-state index in [1.54, 1.807) is 31.4 Å². The Bertz CT molecular complexity index is 1010. The van der Waals surface area contributed by atoms with E-state index in [9.17, 15) is 9.59 Å². The predicted molar refractivity (Wildman–Crippen MR) is 115 cm³/mol. The summed E-state index contributed by atoms with van der Waals surface area (Å²) in [5, 5.41) is 7.58. The summed E-state index contributed by atoms with van der Waals surface area (Å²) in [5.74, 6) is 0.820. The zero-order valence-electron chi connectivity index (χ0n) is 15.9. The van der Waals surface area contributed by atoms with Crippen molar-refractivity contribution in [2.75, 3.05) is 26.8 Å². The van der Waals surface area contributed by atoms with Gasteiger partial charge in [0.25, 0.3) is 11.8 Å². The molecule has 0 heterocycles. The van der Waals surface area contributed by atoms with Gasteiger partial charge in [0, 0.05) is 18.7 Å². The van der Waals surface area contributed by atoms with Gasteiger partial charge in [-0.05, 0) is 57.0 Å². The van der Waals surface area contributed by atoms with Crippen LogP contribution in [0.1, 0.15) is 10.4 Å². The molecule has 150 valence electrons. The van der Waals surface area contributed by atoms with E-state index in [4.69, 9.17) is 9.47 Å². The topological polar surface area (TPSA) is 76.7 Å². The molecular formula is C22H21BrN2O4. The SMILES string of the molecule is COc1ccc(C(=O)NCCNC(=O)COc2ccc3ccccc3c2Br)cc1. The second-order valence-corrected chi connectivity index (χ2v) is 7.01. The number of rotatable bonds is 8. The summed E-state index contributed by atoms with van der Waals surface area (Å²) >= 11 is 3.53. The van der Waals surface area contributed by atoms with Gasteiger partial charge in [-0.15, -0.1) is 0 Å². The summed E-state index contributed by atoms with van der Waals surface area (Å²) in [7, 11) is 1.57. The van der Waals surface area contributed by atoms with Crippen LogP contribution in [0.15, 0.2) is 65.1 Å². The van der Waals surface area contributed by atoms with Crippen molar-refractivity contribution in [2.45, 2.75) is 0 Å². The predicted octanol–water partition coefficient (Wildman–Crippen LogP) is 3.54. The van der Waals surface area contributed by atoms with Crippen LogP contribution >= 0.6 is 15.9 Å². The van der Waals surface area contributed by atoms with Gasteiger partial charge in [0.15, 0.2) is 6.61 Å². The summed E-state index contributed by atoms with van der Waals surface area (Å²) in [6, 6.07) is 18.5. The van der Waals surface area contributed by atoms with Gasteiger partial charge in [0.2, 0.25) is 0 Å². The molecule has 3 rings (SSSR count). The Morgan fingerprint density at radius 2 is 1.66 bits per heavy atom. The van der Waals surface area contributed by atoms with E-state index in [2.05, 4.69) is 26.6 Å². The van der Waals surface area contributed by atoms with Gasteiger partial charge in [-0.1, -0.05) is 30.3 Å². The van der Waals surface area contributed by atoms with Crippen molar-refractivity contribution in [2.24, 2.45) is 0 Å². The molecule has 0 radical (unpaired) electrons. The van der Waals surface area contributed by atoms with Gasteiger partial charge < -0.3 is 20.1 Å². The second kappa shape index (κ2) is 9.93. The van der Waals surface area contributed by atoms with Crippen LogP contribution in [-0.4, -0.2) is 38.6 Å². The first-order valence-electron chi connectivity index (χ1n) is 9.07. The number of amides is 2. The van der Waals surface area contributed by atoms with Gasteiger partial charge in [-0.25, -0.2) is 0 Å². The highest BCUT2D eigenvalue weighted by Gasteiger charge is 2.09. The minimum atomic E-state index is -0.260. The maximum Gasteiger partial charge on any atom is 0.258 e. The Labute approximate surface area is 177 Å². The number of nitrogens with one attached hydrogen (secondary N) is 2. The molecule has 29 heavy (non-hydrogen) atoms. The standard InChI is InChI=1S/C22H21BrN2O4/c1-28-17-9-6-16(7-10-17)22(27)25-13-12-24-20(26)14-29-19-11-8-15-4-2-3-5-18(15)21(19)23/h2-11H,12-14H2,1H3,(H,24,26)(H,25,27).